The lowest BCUT2D eigenvalue weighted by molar-refractivity contribution is 0.359. The van der Waals surface area contributed by atoms with Gasteiger partial charge in [-0.15, -0.1) is 0 Å². The van der Waals surface area contributed by atoms with Gasteiger partial charge in [0.05, 0.1) is 12.3 Å². The molecule has 1 aromatic carbocycles. The zero-order chi connectivity index (χ0) is 17.6. The molecule has 0 aliphatic rings. The number of hydrogen-bond donors (Lipinski definition) is 2. The lowest BCUT2D eigenvalue weighted by Gasteiger charge is -2.13. The van der Waals surface area contributed by atoms with Crippen molar-refractivity contribution in [2.75, 3.05) is 12.3 Å². The molecule has 24 heavy (non-hydrogen) atoms. The van der Waals surface area contributed by atoms with Gasteiger partial charge >= 0.3 is 0 Å². The molecule has 0 unspecified atom stereocenters. The Hall–Kier alpha value is -1.77. The van der Waals surface area contributed by atoms with Crippen molar-refractivity contribution in [3.8, 4) is 11.4 Å². The summed E-state index contributed by atoms with van der Waals surface area (Å²) in [4.78, 5) is 4.34. The minimum absolute atomic E-state index is 0.0497. The zero-order valence-corrected chi connectivity index (χ0v) is 15.1. The molecular formula is C16H24N4O3S. The average Bonchev–Trinajstić information content (AvgIpc) is 3.01. The molecule has 1 atom stereocenters. The quantitative estimate of drug-likeness (QED) is 0.715. The Kier molecular flexibility index (Phi) is 6.47. The molecule has 1 aromatic heterocycles. The van der Waals surface area contributed by atoms with E-state index in [9.17, 15) is 8.42 Å². The van der Waals surface area contributed by atoms with Gasteiger partial charge in [0.15, 0.2) is 0 Å². The lowest BCUT2D eigenvalue weighted by Crippen LogP contribution is -2.39. The molecule has 0 amide bonds. The number of rotatable bonds is 9. The molecule has 0 aliphatic carbocycles. The van der Waals surface area contributed by atoms with Crippen molar-refractivity contribution in [1.82, 2.24) is 20.2 Å². The van der Waals surface area contributed by atoms with Crippen molar-refractivity contribution in [2.24, 2.45) is 0 Å². The number of nitrogens with one attached hydrogen (secondary N) is 2. The summed E-state index contributed by atoms with van der Waals surface area (Å²) in [6.07, 6.45) is 0.598. The molecule has 7 nitrogen and oxygen atoms in total. The van der Waals surface area contributed by atoms with E-state index >= 15 is 0 Å². The molecule has 132 valence electrons. The van der Waals surface area contributed by atoms with Crippen LogP contribution in [0.3, 0.4) is 0 Å². The van der Waals surface area contributed by atoms with Crippen LogP contribution < -0.4 is 10.0 Å². The maximum atomic E-state index is 11.6. The van der Waals surface area contributed by atoms with Gasteiger partial charge < -0.3 is 9.84 Å². The van der Waals surface area contributed by atoms with E-state index in [0.717, 1.165) is 5.56 Å². The number of nitrogens with zero attached hydrogens (tertiary/aromatic N) is 2. The van der Waals surface area contributed by atoms with Gasteiger partial charge in [0.2, 0.25) is 21.7 Å². The monoisotopic (exact) mass is 352 g/mol. The van der Waals surface area contributed by atoms with Crippen LogP contribution in [-0.2, 0) is 16.6 Å². The van der Waals surface area contributed by atoms with Gasteiger partial charge in [0.1, 0.15) is 0 Å². The van der Waals surface area contributed by atoms with E-state index in [2.05, 4.69) is 20.2 Å². The van der Waals surface area contributed by atoms with Gasteiger partial charge in [-0.05, 0) is 20.3 Å². The summed E-state index contributed by atoms with van der Waals surface area (Å²) in [5.74, 6) is 1.15. The molecule has 0 fully saturated rings. The van der Waals surface area contributed by atoms with Crippen LogP contribution in [0.5, 0.6) is 0 Å². The van der Waals surface area contributed by atoms with E-state index in [1.807, 2.05) is 45.0 Å². The lowest BCUT2D eigenvalue weighted by atomic mass is 10.1. The number of sulfonamides is 1. The third-order valence-corrected chi connectivity index (χ3v) is 5.01. The Morgan fingerprint density at radius 2 is 1.96 bits per heavy atom. The molecule has 1 heterocycles. The molecule has 2 rings (SSSR count). The zero-order valence-electron chi connectivity index (χ0n) is 14.2. The molecular weight excluding hydrogens is 328 g/mol. The third kappa shape index (κ3) is 5.70. The van der Waals surface area contributed by atoms with E-state index in [1.54, 1.807) is 0 Å². The highest BCUT2D eigenvalue weighted by atomic mass is 32.2. The van der Waals surface area contributed by atoms with E-state index in [0.29, 0.717) is 31.2 Å². The van der Waals surface area contributed by atoms with E-state index < -0.39 is 10.0 Å². The fraction of sp³-hybridized carbons (Fsp3) is 0.500. The summed E-state index contributed by atoms with van der Waals surface area (Å²) < 4.78 is 31.0. The molecule has 0 spiro atoms. The Bertz CT molecular complexity index is 741. The molecule has 0 bridgehead atoms. The number of hydrogen-bond acceptors (Lipinski definition) is 6. The maximum absolute atomic E-state index is 11.6. The van der Waals surface area contributed by atoms with Gasteiger partial charge in [0, 0.05) is 18.2 Å². The second-order valence-corrected chi connectivity index (χ2v) is 7.75. The second-order valence-electron chi connectivity index (χ2n) is 5.83. The maximum Gasteiger partial charge on any atom is 0.240 e. The molecule has 2 aromatic rings. The Morgan fingerprint density at radius 1 is 1.25 bits per heavy atom. The van der Waals surface area contributed by atoms with Gasteiger partial charge in [0.25, 0.3) is 0 Å². The highest BCUT2D eigenvalue weighted by molar-refractivity contribution is 7.89. The number of benzene rings is 1. The molecule has 2 N–H and O–H groups in total. The van der Waals surface area contributed by atoms with Crippen LogP contribution in [0.4, 0.5) is 0 Å². The van der Waals surface area contributed by atoms with Crippen LogP contribution in [0.2, 0.25) is 0 Å². The fourth-order valence-electron chi connectivity index (χ4n) is 2.07. The highest BCUT2D eigenvalue weighted by Crippen LogP contribution is 2.16. The first-order valence-electron chi connectivity index (χ1n) is 8.00. The van der Waals surface area contributed by atoms with E-state index in [4.69, 9.17) is 4.52 Å². The summed E-state index contributed by atoms with van der Waals surface area (Å²) >= 11 is 0. The minimum Gasteiger partial charge on any atom is -0.338 e. The standard InChI is InChI=1S/C16H24N4O3S/c1-4-9-24(21,22)18-10-13(3)17-11-15-19-16(20-23-15)14-7-5-12(2)6-8-14/h5-8,13,17-18H,4,9-11H2,1-3H3/t13-/m0/s1. The van der Waals surface area contributed by atoms with Crippen molar-refractivity contribution in [3.63, 3.8) is 0 Å². The Labute approximate surface area is 142 Å². The minimum atomic E-state index is -3.19. The smallest absolute Gasteiger partial charge is 0.240 e. The van der Waals surface area contributed by atoms with Crippen LogP contribution in [0.25, 0.3) is 11.4 Å². The molecule has 0 saturated carbocycles. The third-order valence-electron chi connectivity index (χ3n) is 3.46. The Balaban J connectivity index is 1.83. The van der Waals surface area contributed by atoms with Crippen molar-refractivity contribution in [2.45, 2.75) is 39.8 Å². The van der Waals surface area contributed by atoms with Crippen LogP contribution in [0.15, 0.2) is 28.8 Å². The van der Waals surface area contributed by atoms with Crippen LogP contribution in [0, 0.1) is 6.92 Å². The van der Waals surface area contributed by atoms with Crippen LogP contribution >= 0.6 is 0 Å². The van der Waals surface area contributed by atoms with Gasteiger partial charge in [-0.25, -0.2) is 13.1 Å². The van der Waals surface area contributed by atoms with E-state index in [1.165, 1.54) is 5.56 Å². The van der Waals surface area contributed by atoms with Crippen molar-refractivity contribution >= 4 is 10.0 Å². The normalized spacial score (nSPS) is 13.1. The number of aromatic nitrogens is 2. The van der Waals surface area contributed by atoms with Gasteiger partial charge in [-0.2, -0.15) is 4.98 Å². The summed E-state index contributed by atoms with van der Waals surface area (Å²) in [6.45, 7) is 6.45. The fourth-order valence-corrected chi connectivity index (χ4v) is 3.26. The average molecular weight is 352 g/mol. The SMILES string of the molecule is CCCS(=O)(=O)NC[C@H](C)NCc1nc(-c2ccc(C)cc2)no1. The highest BCUT2D eigenvalue weighted by Gasteiger charge is 2.12. The summed E-state index contributed by atoms with van der Waals surface area (Å²) in [5.41, 5.74) is 2.07. The van der Waals surface area contributed by atoms with Crippen molar-refractivity contribution in [3.05, 3.63) is 35.7 Å². The first-order valence-corrected chi connectivity index (χ1v) is 9.65. The van der Waals surface area contributed by atoms with Crippen molar-refractivity contribution < 1.29 is 12.9 Å². The molecule has 0 radical (unpaired) electrons. The first-order chi connectivity index (χ1) is 11.4. The first kappa shape index (κ1) is 18.6. The molecule has 0 aliphatic heterocycles. The number of aryl methyl sites for hydroxylation is 1. The predicted molar refractivity (Wildman–Crippen MR) is 92.9 cm³/mol. The van der Waals surface area contributed by atoms with Crippen LogP contribution in [0.1, 0.15) is 31.7 Å². The summed E-state index contributed by atoms with van der Waals surface area (Å²) in [6, 6.07) is 7.83. The van der Waals surface area contributed by atoms with E-state index in [-0.39, 0.29) is 11.8 Å². The molecule has 0 saturated heterocycles. The largest absolute Gasteiger partial charge is 0.338 e. The topological polar surface area (TPSA) is 97.1 Å². The summed E-state index contributed by atoms with van der Waals surface area (Å²) in [5, 5.41) is 7.13. The Morgan fingerprint density at radius 3 is 2.62 bits per heavy atom. The van der Waals surface area contributed by atoms with Gasteiger partial charge in [-0.1, -0.05) is 41.9 Å². The molecule has 8 heteroatoms. The summed E-state index contributed by atoms with van der Waals surface area (Å²) in [7, 11) is -3.19. The van der Waals surface area contributed by atoms with Crippen molar-refractivity contribution in [1.29, 1.82) is 0 Å². The van der Waals surface area contributed by atoms with Gasteiger partial charge in [-0.3, -0.25) is 0 Å². The second kappa shape index (κ2) is 8.36. The predicted octanol–water partition coefficient (Wildman–Crippen LogP) is 1.85. The van der Waals surface area contributed by atoms with Crippen LogP contribution in [-0.4, -0.2) is 36.9 Å².